The van der Waals surface area contributed by atoms with Gasteiger partial charge >= 0.3 is 0 Å². The first-order valence-electron chi connectivity index (χ1n) is 8.78. The van der Waals surface area contributed by atoms with E-state index in [9.17, 15) is 9.59 Å². The second-order valence-corrected chi connectivity index (χ2v) is 6.00. The van der Waals surface area contributed by atoms with Gasteiger partial charge in [0.25, 0.3) is 0 Å². The molecule has 0 atom stereocenters. The third-order valence-electron chi connectivity index (χ3n) is 4.18. The molecule has 0 spiro atoms. The zero-order chi connectivity index (χ0) is 18.4. The van der Waals surface area contributed by atoms with Gasteiger partial charge in [-0.15, -0.1) is 0 Å². The monoisotopic (exact) mass is 350 g/mol. The number of rotatable bonds is 7. The fraction of sp³-hybridized carbons (Fsp3) is 0.238. The molecule has 0 aliphatic rings. The van der Waals surface area contributed by atoms with E-state index >= 15 is 0 Å². The van der Waals surface area contributed by atoms with Crippen molar-refractivity contribution in [3.63, 3.8) is 0 Å². The number of benzene rings is 2. The number of carbonyl (C=O) groups is 1. The summed E-state index contributed by atoms with van der Waals surface area (Å²) in [7, 11) is 0. The number of aromatic amines is 1. The lowest BCUT2D eigenvalue weighted by Crippen LogP contribution is -2.30. The van der Waals surface area contributed by atoms with Crippen molar-refractivity contribution >= 4 is 22.5 Å². The van der Waals surface area contributed by atoms with Crippen molar-refractivity contribution < 1.29 is 9.53 Å². The molecule has 0 aliphatic carbocycles. The summed E-state index contributed by atoms with van der Waals surface area (Å²) < 4.78 is 5.75. The molecular weight excluding hydrogens is 328 g/mol. The highest BCUT2D eigenvalue weighted by Gasteiger charge is 2.13. The number of hydrogen-bond acceptors (Lipinski definition) is 3. The number of nitrogens with zero attached hydrogens (tertiary/aromatic N) is 1. The van der Waals surface area contributed by atoms with Crippen molar-refractivity contribution in [2.24, 2.45) is 0 Å². The highest BCUT2D eigenvalue weighted by atomic mass is 16.5. The van der Waals surface area contributed by atoms with E-state index in [1.807, 2.05) is 55.5 Å². The molecule has 134 valence electrons. The Kier molecular flexibility index (Phi) is 5.69. The number of H-pyrrole nitrogens is 1. The van der Waals surface area contributed by atoms with Crippen LogP contribution in [0.2, 0.25) is 0 Å². The maximum Gasteiger partial charge on any atom is 0.248 e. The number of amides is 1. The maximum atomic E-state index is 12.4. The zero-order valence-corrected chi connectivity index (χ0v) is 14.8. The molecule has 1 heterocycles. The molecule has 0 saturated heterocycles. The average Bonchev–Trinajstić information content (AvgIpc) is 2.66. The van der Waals surface area contributed by atoms with E-state index in [4.69, 9.17) is 4.74 Å². The maximum absolute atomic E-state index is 12.4. The lowest BCUT2D eigenvalue weighted by Gasteiger charge is -2.21. The van der Waals surface area contributed by atoms with Crippen molar-refractivity contribution in [1.29, 1.82) is 0 Å². The number of aromatic nitrogens is 1. The van der Waals surface area contributed by atoms with Crippen LogP contribution >= 0.6 is 0 Å². The number of anilines is 1. The normalized spacial score (nSPS) is 10.7. The van der Waals surface area contributed by atoms with Crippen LogP contribution in [0.15, 0.2) is 65.5 Å². The summed E-state index contributed by atoms with van der Waals surface area (Å²) in [6.45, 7) is 3.08. The van der Waals surface area contributed by atoms with Crippen LogP contribution in [0.1, 0.15) is 19.8 Å². The third kappa shape index (κ3) is 4.30. The second kappa shape index (κ2) is 8.34. The molecule has 3 rings (SSSR count). The van der Waals surface area contributed by atoms with E-state index in [1.165, 1.54) is 6.07 Å². The van der Waals surface area contributed by atoms with Gasteiger partial charge in [-0.2, -0.15) is 0 Å². The molecule has 0 saturated carbocycles. The van der Waals surface area contributed by atoms with E-state index in [2.05, 4.69) is 4.98 Å². The minimum Gasteiger partial charge on any atom is -0.494 e. The van der Waals surface area contributed by atoms with Gasteiger partial charge < -0.3 is 14.6 Å². The van der Waals surface area contributed by atoms with Crippen molar-refractivity contribution in [2.45, 2.75) is 19.8 Å². The van der Waals surface area contributed by atoms with Crippen molar-refractivity contribution in [3.8, 4) is 5.75 Å². The number of pyridine rings is 1. The summed E-state index contributed by atoms with van der Waals surface area (Å²) in [5.41, 5.74) is 1.58. The predicted octanol–water partition coefficient (Wildman–Crippen LogP) is 3.74. The van der Waals surface area contributed by atoms with Crippen LogP contribution in [-0.2, 0) is 4.79 Å². The van der Waals surface area contributed by atoms with Crippen molar-refractivity contribution in [2.75, 3.05) is 18.1 Å². The number of hydrogen-bond donors (Lipinski definition) is 1. The number of nitrogens with one attached hydrogen (secondary N) is 1. The molecular formula is C21H22N2O3. The molecule has 26 heavy (non-hydrogen) atoms. The van der Waals surface area contributed by atoms with Crippen LogP contribution < -0.4 is 15.2 Å². The minimum atomic E-state index is -0.122. The minimum absolute atomic E-state index is 0.0957. The zero-order valence-electron chi connectivity index (χ0n) is 14.8. The molecule has 0 unspecified atom stereocenters. The fourth-order valence-electron chi connectivity index (χ4n) is 2.88. The molecule has 5 nitrogen and oxygen atoms in total. The van der Waals surface area contributed by atoms with Gasteiger partial charge in [0.1, 0.15) is 5.75 Å². The first-order valence-corrected chi connectivity index (χ1v) is 8.78. The Morgan fingerprint density at radius 1 is 1.08 bits per heavy atom. The number of ether oxygens (including phenoxy) is 1. The molecule has 1 N–H and O–H groups in total. The molecule has 0 bridgehead atoms. The van der Waals surface area contributed by atoms with Crippen LogP contribution in [0.3, 0.4) is 0 Å². The van der Waals surface area contributed by atoms with Crippen molar-refractivity contribution in [1.82, 2.24) is 4.98 Å². The fourth-order valence-corrected chi connectivity index (χ4v) is 2.88. The van der Waals surface area contributed by atoms with Gasteiger partial charge in [-0.25, -0.2) is 0 Å². The first kappa shape index (κ1) is 17.7. The van der Waals surface area contributed by atoms with Gasteiger partial charge in [-0.05, 0) is 49.7 Å². The Hall–Kier alpha value is -3.08. The Labute approximate surface area is 152 Å². The molecule has 1 aromatic heterocycles. The van der Waals surface area contributed by atoms with Crippen LogP contribution in [0.25, 0.3) is 10.9 Å². The molecule has 2 aromatic carbocycles. The smallest absolute Gasteiger partial charge is 0.248 e. The van der Waals surface area contributed by atoms with Gasteiger partial charge in [0.2, 0.25) is 11.5 Å². The molecule has 5 heteroatoms. The highest BCUT2D eigenvalue weighted by molar-refractivity contribution is 5.93. The number of para-hydroxylation sites is 1. The van der Waals surface area contributed by atoms with E-state index in [1.54, 1.807) is 11.0 Å². The van der Waals surface area contributed by atoms with E-state index in [0.29, 0.717) is 26.0 Å². The molecule has 0 aliphatic heterocycles. The van der Waals surface area contributed by atoms with Crippen LogP contribution in [0.5, 0.6) is 5.75 Å². The predicted molar refractivity (Wildman–Crippen MR) is 104 cm³/mol. The van der Waals surface area contributed by atoms with Gasteiger partial charge in [-0.3, -0.25) is 9.59 Å². The SMILES string of the molecule is CCN(C(=O)CCCOc1ccc2[nH]c(=O)ccc2c1)c1ccccc1. The summed E-state index contributed by atoms with van der Waals surface area (Å²) in [4.78, 5) is 28.3. The Morgan fingerprint density at radius 2 is 1.88 bits per heavy atom. The molecule has 1 amide bonds. The quantitative estimate of drug-likeness (QED) is 0.660. The first-order chi connectivity index (χ1) is 12.7. The molecule has 0 radical (unpaired) electrons. The standard InChI is InChI=1S/C21H22N2O3/c1-2-23(17-7-4-3-5-8-17)21(25)9-6-14-26-18-11-12-19-16(15-18)10-13-20(24)22-19/h3-5,7-8,10-13,15H,2,6,9,14H2,1H3,(H,22,24). The van der Waals surface area contributed by atoms with Gasteiger partial charge in [0, 0.05) is 35.6 Å². The van der Waals surface area contributed by atoms with E-state index in [-0.39, 0.29) is 11.5 Å². The topological polar surface area (TPSA) is 62.4 Å². The Balaban J connectivity index is 1.52. The van der Waals surface area contributed by atoms with Crippen molar-refractivity contribution in [3.05, 3.63) is 71.0 Å². The van der Waals surface area contributed by atoms with E-state index < -0.39 is 0 Å². The number of fused-ring (bicyclic) bond motifs is 1. The summed E-state index contributed by atoms with van der Waals surface area (Å²) in [5.74, 6) is 0.825. The lowest BCUT2D eigenvalue weighted by molar-refractivity contribution is -0.118. The molecule has 3 aromatic rings. The summed E-state index contributed by atoms with van der Waals surface area (Å²) >= 11 is 0. The Morgan fingerprint density at radius 3 is 2.65 bits per heavy atom. The largest absolute Gasteiger partial charge is 0.494 e. The second-order valence-electron chi connectivity index (χ2n) is 6.00. The average molecular weight is 350 g/mol. The summed E-state index contributed by atoms with van der Waals surface area (Å²) in [5, 5.41) is 0.916. The summed E-state index contributed by atoms with van der Waals surface area (Å²) in [6.07, 6.45) is 1.08. The van der Waals surface area contributed by atoms with Crippen LogP contribution in [-0.4, -0.2) is 24.0 Å². The summed E-state index contributed by atoms with van der Waals surface area (Å²) in [6, 6.07) is 18.5. The number of carbonyl (C=O) groups excluding carboxylic acids is 1. The highest BCUT2D eigenvalue weighted by Crippen LogP contribution is 2.19. The third-order valence-corrected chi connectivity index (χ3v) is 4.18. The molecule has 0 fully saturated rings. The van der Waals surface area contributed by atoms with E-state index in [0.717, 1.165) is 22.3 Å². The van der Waals surface area contributed by atoms with Crippen LogP contribution in [0.4, 0.5) is 5.69 Å². The van der Waals surface area contributed by atoms with Crippen LogP contribution in [0, 0.1) is 0 Å². The van der Waals surface area contributed by atoms with Gasteiger partial charge in [-0.1, -0.05) is 18.2 Å². The van der Waals surface area contributed by atoms with Gasteiger partial charge in [0.05, 0.1) is 6.61 Å². The van der Waals surface area contributed by atoms with Gasteiger partial charge in [0.15, 0.2) is 0 Å². The Bertz CT molecular complexity index is 935. The lowest BCUT2D eigenvalue weighted by atomic mass is 10.2.